The maximum Gasteiger partial charge on any atom is 0.161 e. The average Bonchev–Trinajstić information content (AvgIpc) is 2.87. The van der Waals surface area contributed by atoms with Crippen molar-refractivity contribution in [2.24, 2.45) is 17.3 Å². The molecule has 1 N–H and O–H groups in total. The number of benzene rings is 1. The van der Waals surface area contributed by atoms with Gasteiger partial charge in [-0.3, -0.25) is 4.79 Å². The van der Waals surface area contributed by atoms with Crippen LogP contribution in [0.5, 0.6) is 5.75 Å². The number of hydrogen-bond donors (Lipinski definition) is 1. The lowest BCUT2D eigenvalue weighted by atomic mass is 9.53. The van der Waals surface area contributed by atoms with Crippen LogP contribution in [0.3, 0.4) is 0 Å². The Morgan fingerprint density at radius 1 is 1.25 bits per heavy atom. The second-order valence-electron chi connectivity index (χ2n) is 8.39. The molecule has 0 amide bonds. The van der Waals surface area contributed by atoms with Crippen molar-refractivity contribution in [2.75, 3.05) is 7.11 Å². The molecule has 2 saturated carbocycles. The summed E-state index contributed by atoms with van der Waals surface area (Å²) in [7, 11) is 1.72. The van der Waals surface area contributed by atoms with Crippen molar-refractivity contribution < 1.29 is 14.6 Å². The Morgan fingerprint density at radius 2 is 2.04 bits per heavy atom. The molecule has 3 aliphatic carbocycles. The smallest absolute Gasteiger partial charge is 0.161 e. The van der Waals surface area contributed by atoms with Gasteiger partial charge in [-0.05, 0) is 86.5 Å². The van der Waals surface area contributed by atoms with Gasteiger partial charge in [0.1, 0.15) is 11.4 Å². The van der Waals surface area contributed by atoms with E-state index in [4.69, 9.17) is 4.74 Å². The van der Waals surface area contributed by atoms with Gasteiger partial charge in [0, 0.05) is 5.41 Å². The van der Waals surface area contributed by atoms with Gasteiger partial charge >= 0.3 is 0 Å². The molecule has 1 aromatic rings. The van der Waals surface area contributed by atoms with E-state index in [0.717, 1.165) is 31.4 Å². The molecule has 3 heteroatoms. The first kappa shape index (κ1) is 16.1. The standard InChI is InChI=1S/C21H28O3/c1-13(22)21(23)11-9-19-18-6-4-14-12-15(24-3)5-7-16(14)17(18)8-10-20(19,21)2/h5,7,12,17-19,23H,4,6,8-11H2,1-3H3/t17-,18-,19+,20+,21?/m1/s1. The van der Waals surface area contributed by atoms with E-state index < -0.39 is 5.60 Å². The summed E-state index contributed by atoms with van der Waals surface area (Å²) in [6, 6.07) is 6.52. The van der Waals surface area contributed by atoms with Crippen molar-refractivity contribution in [3.8, 4) is 5.75 Å². The van der Waals surface area contributed by atoms with E-state index in [0.29, 0.717) is 24.2 Å². The Bertz CT molecular complexity index is 682. The lowest BCUT2D eigenvalue weighted by molar-refractivity contribution is -0.154. The summed E-state index contributed by atoms with van der Waals surface area (Å²) in [4.78, 5) is 12.2. The van der Waals surface area contributed by atoms with Gasteiger partial charge in [0.25, 0.3) is 0 Å². The highest BCUT2D eigenvalue weighted by Crippen LogP contribution is 2.64. The number of ether oxygens (including phenoxy) is 1. The van der Waals surface area contributed by atoms with E-state index in [1.807, 2.05) is 0 Å². The topological polar surface area (TPSA) is 46.5 Å². The number of aryl methyl sites for hydroxylation is 1. The average molecular weight is 328 g/mol. The molecule has 3 nitrogen and oxygen atoms in total. The highest BCUT2D eigenvalue weighted by molar-refractivity contribution is 5.86. The highest BCUT2D eigenvalue weighted by atomic mass is 16.5. The first-order valence-corrected chi connectivity index (χ1v) is 9.31. The van der Waals surface area contributed by atoms with Gasteiger partial charge in [0.15, 0.2) is 5.78 Å². The molecule has 0 aromatic heterocycles. The molecule has 0 radical (unpaired) electrons. The van der Waals surface area contributed by atoms with E-state index in [2.05, 4.69) is 25.1 Å². The third-order valence-electron chi connectivity index (χ3n) is 7.67. The number of fused-ring (bicyclic) bond motifs is 5. The van der Waals surface area contributed by atoms with E-state index in [9.17, 15) is 9.90 Å². The monoisotopic (exact) mass is 328 g/mol. The lowest BCUT2D eigenvalue weighted by Gasteiger charge is -2.52. The summed E-state index contributed by atoms with van der Waals surface area (Å²) in [5.41, 5.74) is 1.55. The van der Waals surface area contributed by atoms with Crippen molar-refractivity contribution in [1.29, 1.82) is 0 Å². The molecule has 24 heavy (non-hydrogen) atoms. The van der Waals surface area contributed by atoms with Crippen LogP contribution in [-0.4, -0.2) is 23.6 Å². The Kier molecular flexibility index (Phi) is 3.58. The largest absolute Gasteiger partial charge is 0.497 e. The quantitative estimate of drug-likeness (QED) is 0.896. The fourth-order valence-corrected chi connectivity index (χ4v) is 6.28. The molecular formula is C21H28O3. The van der Waals surface area contributed by atoms with Crippen LogP contribution in [0.15, 0.2) is 18.2 Å². The minimum absolute atomic E-state index is 0.0353. The van der Waals surface area contributed by atoms with Crippen molar-refractivity contribution in [2.45, 2.75) is 63.9 Å². The maximum absolute atomic E-state index is 12.2. The fraction of sp³-hybridized carbons (Fsp3) is 0.667. The SMILES string of the molecule is COc1ccc2c(c1)CC[C@@H]1[C@@H]2CC[C@@]2(C)[C@H]1CCC2(O)C(C)=O. The zero-order chi connectivity index (χ0) is 17.1. The van der Waals surface area contributed by atoms with Crippen molar-refractivity contribution >= 4 is 5.78 Å². The first-order chi connectivity index (χ1) is 11.4. The second kappa shape index (κ2) is 5.32. The van der Waals surface area contributed by atoms with Gasteiger partial charge in [-0.25, -0.2) is 0 Å². The molecule has 0 spiro atoms. The number of carbonyl (C=O) groups is 1. The third kappa shape index (κ3) is 1.97. The summed E-state index contributed by atoms with van der Waals surface area (Å²) < 4.78 is 5.38. The highest BCUT2D eigenvalue weighted by Gasteiger charge is 2.63. The molecular weight excluding hydrogens is 300 g/mol. The summed E-state index contributed by atoms with van der Waals surface area (Å²) in [5.74, 6) is 2.54. The Hall–Kier alpha value is -1.35. The van der Waals surface area contributed by atoms with Crippen molar-refractivity contribution in [3.05, 3.63) is 29.3 Å². The van der Waals surface area contributed by atoms with E-state index in [1.54, 1.807) is 14.0 Å². The van der Waals surface area contributed by atoms with Crippen LogP contribution in [0.25, 0.3) is 0 Å². The van der Waals surface area contributed by atoms with E-state index in [-0.39, 0.29) is 11.2 Å². The van der Waals surface area contributed by atoms with E-state index >= 15 is 0 Å². The van der Waals surface area contributed by atoms with Gasteiger partial charge < -0.3 is 9.84 Å². The number of aliphatic hydroxyl groups is 1. The van der Waals surface area contributed by atoms with Crippen LogP contribution in [-0.2, 0) is 11.2 Å². The molecule has 1 aromatic carbocycles. The number of carbonyl (C=O) groups excluding carboxylic acids is 1. The predicted octanol–water partition coefficient (Wildman–Crippen LogP) is 3.87. The second-order valence-corrected chi connectivity index (χ2v) is 8.39. The van der Waals surface area contributed by atoms with Crippen LogP contribution in [0.2, 0.25) is 0 Å². The predicted molar refractivity (Wildman–Crippen MR) is 93.2 cm³/mol. The number of methoxy groups -OCH3 is 1. The molecule has 130 valence electrons. The molecule has 0 heterocycles. The normalized spacial score (nSPS) is 40.4. The summed E-state index contributed by atoms with van der Waals surface area (Å²) in [5, 5.41) is 11.1. The van der Waals surface area contributed by atoms with Crippen LogP contribution in [0, 0.1) is 17.3 Å². The Balaban J connectivity index is 1.69. The number of rotatable bonds is 2. The molecule has 1 unspecified atom stereocenters. The van der Waals surface area contributed by atoms with Gasteiger partial charge in [0.2, 0.25) is 0 Å². The first-order valence-electron chi connectivity index (χ1n) is 9.31. The van der Waals surface area contributed by atoms with Gasteiger partial charge in [-0.15, -0.1) is 0 Å². The fourth-order valence-electron chi connectivity index (χ4n) is 6.28. The molecule has 4 rings (SSSR count). The van der Waals surface area contributed by atoms with Gasteiger partial charge in [-0.2, -0.15) is 0 Å². The number of ketones is 1. The van der Waals surface area contributed by atoms with Crippen LogP contribution in [0.1, 0.15) is 63.0 Å². The number of Topliss-reactive ketones (excluding diaryl/α,β-unsaturated/α-hetero) is 1. The van der Waals surface area contributed by atoms with E-state index in [1.165, 1.54) is 17.5 Å². The van der Waals surface area contributed by atoms with Gasteiger partial charge in [0.05, 0.1) is 7.11 Å². The van der Waals surface area contributed by atoms with Crippen LogP contribution >= 0.6 is 0 Å². The van der Waals surface area contributed by atoms with Gasteiger partial charge in [-0.1, -0.05) is 13.0 Å². The minimum Gasteiger partial charge on any atom is -0.497 e. The Morgan fingerprint density at radius 3 is 2.75 bits per heavy atom. The zero-order valence-electron chi connectivity index (χ0n) is 15.0. The summed E-state index contributed by atoms with van der Waals surface area (Å²) in [6.45, 7) is 3.74. The maximum atomic E-state index is 12.2. The van der Waals surface area contributed by atoms with Crippen molar-refractivity contribution in [1.82, 2.24) is 0 Å². The van der Waals surface area contributed by atoms with Crippen LogP contribution in [0.4, 0.5) is 0 Å². The summed E-state index contributed by atoms with van der Waals surface area (Å²) >= 11 is 0. The Labute approximate surface area is 144 Å². The molecule has 0 aliphatic heterocycles. The van der Waals surface area contributed by atoms with Crippen molar-refractivity contribution in [3.63, 3.8) is 0 Å². The van der Waals surface area contributed by atoms with Crippen LogP contribution < -0.4 is 4.74 Å². The minimum atomic E-state index is -1.11. The number of hydrogen-bond acceptors (Lipinski definition) is 3. The molecule has 2 fully saturated rings. The molecule has 0 bridgehead atoms. The lowest BCUT2D eigenvalue weighted by Crippen LogP contribution is -2.54. The summed E-state index contributed by atoms with van der Waals surface area (Å²) in [6.07, 6.45) is 5.90. The zero-order valence-corrected chi connectivity index (χ0v) is 15.0. The third-order valence-corrected chi connectivity index (χ3v) is 7.67. The molecule has 3 aliphatic rings. The molecule has 5 atom stereocenters. The molecule has 0 saturated heterocycles.